The molecule has 0 amide bonds. The molecule has 27 heavy (non-hydrogen) atoms. The Morgan fingerprint density at radius 2 is 1.89 bits per heavy atom. The number of piperidine rings is 1. The van der Waals surface area contributed by atoms with E-state index in [9.17, 15) is 4.48 Å². The van der Waals surface area contributed by atoms with Crippen molar-refractivity contribution in [2.75, 3.05) is 18.9 Å². The summed E-state index contributed by atoms with van der Waals surface area (Å²) in [5.41, 5.74) is 3.83. The second-order valence-electron chi connectivity index (χ2n) is 8.20. The summed E-state index contributed by atoms with van der Waals surface area (Å²) in [4.78, 5) is 0. The van der Waals surface area contributed by atoms with Gasteiger partial charge in [0.1, 0.15) is 5.67 Å². The van der Waals surface area contributed by atoms with Crippen LogP contribution in [0.15, 0.2) is 42.5 Å². The van der Waals surface area contributed by atoms with Gasteiger partial charge in [0.2, 0.25) is 0 Å². The standard InChI is InChI=1S/C23H30F2N2/c1-16-11-12-27(25)22(13-16)23(3,24)15-18-6-8-19(9-7-18)21-14-20(26-4)10-5-17(21)2/h5-10,14,16,22,26H,11-13,15H2,1-4H3. The van der Waals surface area contributed by atoms with Crippen LogP contribution >= 0.6 is 0 Å². The van der Waals surface area contributed by atoms with E-state index in [2.05, 4.69) is 37.4 Å². The first-order chi connectivity index (χ1) is 12.8. The van der Waals surface area contributed by atoms with E-state index in [0.29, 0.717) is 24.0 Å². The summed E-state index contributed by atoms with van der Waals surface area (Å²) in [5, 5.41) is 3.87. The van der Waals surface area contributed by atoms with Crippen LogP contribution in [-0.4, -0.2) is 30.4 Å². The molecule has 1 aliphatic heterocycles. The number of rotatable bonds is 5. The maximum absolute atomic E-state index is 15.4. The van der Waals surface area contributed by atoms with Crippen molar-refractivity contribution in [2.45, 2.75) is 51.7 Å². The molecule has 1 aliphatic rings. The minimum Gasteiger partial charge on any atom is -0.388 e. The van der Waals surface area contributed by atoms with E-state index in [1.54, 1.807) is 0 Å². The van der Waals surface area contributed by atoms with Gasteiger partial charge in [0.05, 0.1) is 6.04 Å². The summed E-state index contributed by atoms with van der Waals surface area (Å²) < 4.78 is 29.6. The maximum Gasteiger partial charge on any atom is 0.130 e. The summed E-state index contributed by atoms with van der Waals surface area (Å²) in [6.07, 6.45) is 1.58. The summed E-state index contributed by atoms with van der Waals surface area (Å²) in [7, 11) is 1.90. The van der Waals surface area contributed by atoms with Crippen LogP contribution < -0.4 is 5.32 Å². The number of anilines is 1. The fraction of sp³-hybridized carbons (Fsp3) is 0.478. The average molecular weight is 373 g/mol. The molecule has 0 bridgehead atoms. The van der Waals surface area contributed by atoms with Crippen molar-refractivity contribution in [3.05, 3.63) is 53.6 Å². The molecular formula is C23H30F2N2. The second kappa shape index (κ2) is 7.97. The predicted molar refractivity (Wildman–Crippen MR) is 109 cm³/mol. The highest BCUT2D eigenvalue weighted by Crippen LogP contribution is 2.35. The maximum atomic E-state index is 15.4. The lowest BCUT2D eigenvalue weighted by molar-refractivity contribution is -0.112. The number of hydrogen-bond acceptors (Lipinski definition) is 2. The van der Waals surface area contributed by atoms with Gasteiger partial charge in [0, 0.05) is 25.7 Å². The number of alkyl halides is 1. The van der Waals surface area contributed by atoms with Crippen LogP contribution in [0.5, 0.6) is 0 Å². The van der Waals surface area contributed by atoms with Gasteiger partial charge in [0.25, 0.3) is 0 Å². The van der Waals surface area contributed by atoms with Crippen LogP contribution in [0.1, 0.15) is 37.8 Å². The van der Waals surface area contributed by atoms with E-state index in [1.165, 1.54) is 12.5 Å². The molecule has 0 aromatic heterocycles. The molecule has 146 valence electrons. The average Bonchev–Trinajstić information content (AvgIpc) is 2.64. The SMILES string of the molecule is CNc1ccc(C)c(-c2ccc(CC(C)(F)C3CC(C)CCN3F)cc2)c1. The van der Waals surface area contributed by atoms with Gasteiger partial charge in [-0.1, -0.05) is 37.3 Å². The van der Waals surface area contributed by atoms with Crippen LogP contribution in [0.3, 0.4) is 0 Å². The molecule has 0 aliphatic carbocycles. The Bertz CT molecular complexity index is 770. The Labute approximate surface area is 161 Å². The van der Waals surface area contributed by atoms with E-state index in [-0.39, 0.29) is 6.42 Å². The summed E-state index contributed by atoms with van der Waals surface area (Å²) >= 11 is 0. The van der Waals surface area contributed by atoms with Gasteiger partial charge in [-0.3, -0.25) is 0 Å². The molecule has 2 nitrogen and oxygen atoms in total. The second-order valence-corrected chi connectivity index (χ2v) is 8.20. The quantitative estimate of drug-likeness (QED) is 0.652. The number of nitrogens with one attached hydrogen (secondary N) is 1. The Morgan fingerprint density at radius 3 is 2.56 bits per heavy atom. The van der Waals surface area contributed by atoms with Gasteiger partial charge >= 0.3 is 0 Å². The highest BCUT2D eigenvalue weighted by atomic mass is 19.2. The van der Waals surface area contributed by atoms with Gasteiger partial charge in [-0.15, -0.1) is 9.60 Å². The third-order valence-electron chi connectivity index (χ3n) is 5.84. The lowest BCUT2D eigenvalue weighted by Gasteiger charge is -2.39. The van der Waals surface area contributed by atoms with Gasteiger partial charge in [0.15, 0.2) is 0 Å². The molecule has 1 fully saturated rings. The van der Waals surface area contributed by atoms with E-state index in [1.807, 2.05) is 31.3 Å². The molecule has 3 rings (SSSR count). The first-order valence-electron chi connectivity index (χ1n) is 9.79. The lowest BCUT2D eigenvalue weighted by atomic mass is 9.82. The zero-order chi connectivity index (χ0) is 19.6. The number of halogens is 2. The molecule has 3 atom stereocenters. The van der Waals surface area contributed by atoms with Crippen molar-refractivity contribution in [1.82, 2.24) is 5.12 Å². The minimum absolute atomic E-state index is 0.223. The van der Waals surface area contributed by atoms with Crippen LogP contribution in [0.4, 0.5) is 14.6 Å². The van der Waals surface area contributed by atoms with E-state index in [0.717, 1.165) is 28.8 Å². The van der Waals surface area contributed by atoms with Crippen molar-refractivity contribution in [2.24, 2.45) is 5.92 Å². The Kier molecular flexibility index (Phi) is 5.85. The highest BCUT2D eigenvalue weighted by Gasteiger charge is 2.42. The number of hydrogen-bond donors (Lipinski definition) is 1. The molecule has 0 saturated carbocycles. The fourth-order valence-electron chi connectivity index (χ4n) is 4.06. The molecule has 3 unspecified atom stereocenters. The van der Waals surface area contributed by atoms with Crippen molar-refractivity contribution in [3.8, 4) is 11.1 Å². The number of nitrogens with zero attached hydrogens (tertiary/aromatic N) is 1. The largest absolute Gasteiger partial charge is 0.388 e. The normalized spacial score (nSPS) is 23.0. The number of benzene rings is 2. The van der Waals surface area contributed by atoms with Crippen molar-refractivity contribution in [1.29, 1.82) is 0 Å². The molecule has 4 heteroatoms. The van der Waals surface area contributed by atoms with Crippen molar-refractivity contribution >= 4 is 5.69 Å². The van der Waals surface area contributed by atoms with Gasteiger partial charge in [-0.05, 0) is 67.0 Å². The molecule has 1 N–H and O–H groups in total. The van der Waals surface area contributed by atoms with Crippen LogP contribution in [0, 0.1) is 12.8 Å². The third-order valence-corrected chi connectivity index (χ3v) is 5.84. The highest BCUT2D eigenvalue weighted by molar-refractivity contribution is 5.71. The van der Waals surface area contributed by atoms with Gasteiger partial charge in [-0.25, -0.2) is 4.39 Å². The van der Waals surface area contributed by atoms with E-state index >= 15 is 4.39 Å². The van der Waals surface area contributed by atoms with Gasteiger partial charge in [-0.2, -0.15) is 0 Å². The van der Waals surface area contributed by atoms with Crippen LogP contribution in [-0.2, 0) is 6.42 Å². The zero-order valence-corrected chi connectivity index (χ0v) is 16.7. The molecule has 2 aromatic carbocycles. The zero-order valence-electron chi connectivity index (χ0n) is 16.7. The summed E-state index contributed by atoms with van der Waals surface area (Å²) in [6.45, 7) is 6.02. The third kappa shape index (κ3) is 4.49. The molecule has 2 aromatic rings. The Morgan fingerprint density at radius 1 is 1.19 bits per heavy atom. The van der Waals surface area contributed by atoms with Crippen molar-refractivity contribution < 1.29 is 8.87 Å². The van der Waals surface area contributed by atoms with E-state index in [4.69, 9.17) is 0 Å². The minimum atomic E-state index is -1.59. The monoisotopic (exact) mass is 372 g/mol. The molecule has 1 saturated heterocycles. The fourth-order valence-corrected chi connectivity index (χ4v) is 4.06. The first-order valence-corrected chi connectivity index (χ1v) is 9.79. The Hall–Kier alpha value is -1.94. The summed E-state index contributed by atoms with van der Waals surface area (Å²) in [6, 6.07) is 13.6. The molecule has 1 heterocycles. The predicted octanol–water partition coefficient (Wildman–Crippen LogP) is 5.96. The topological polar surface area (TPSA) is 15.3 Å². The van der Waals surface area contributed by atoms with Crippen molar-refractivity contribution in [3.63, 3.8) is 0 Å². The summed E-state index contributed by atoms with van der Waals surface area (Å²) in [5.74, 6) is 0.363. The molecular weight excluding hydrogens is 342 g/mol. The van der Waals surface area contributed by atoms with Crippen LogP contribution in [0.2, 0.25) is 0 Å². The Balaban J connectivity index is 1.77. The number of aryl methyl sites for hydroxylation is 1. The lowest BCUT2D eigenvalue weighted by Crippen LogP contribution is -2.50. The van der Waals surface area contributed by atoms with E-state index < -0.39 is 11.7 Å². The van der Waals surface area contributed by atoms with Gasteiger partial charge < -0.3 is 5.32 Å². The molecule has 0 radical (unpaired) electrons. The smallest absolute Gasteiger partial charge is 0.130 e. The van der Waals surface area contributed by atoms with Crippen LogP contribution in [0.25, 0.3) is 11.1 Å². The molecule has 0 spiro atoms. The first kappa shape index (κ1) is 19.8.